The van der Waals surface area contributed by atoms with E-state index in [4.69, 9.17) is 0 Å². The fourth-order valence-corrected chi connectivity index (χ4v) is 2.37. The van der Waals surface area contributed by atoms with Crippen LogP contribution < -0.4 is 0 Å². The van der Waals surface area contributed by atoms with Crippen LogP contribution in [0.4, 0.5) is 0 Å². The number of unbranched alkanes of at least 4 members (excludes halogenated alkanes) is 2. The molecule has 0 aliphatic carbocycles. The Morgan fingerprint density at radius 3 is 1.88 bits per heavy atom. The third-order valence-corrected chi connectivity index (χ3v) is 3.78. The van der Waals surface area contributed by atoms with Gasteiger partial charge < -0.3 is 4.74 Å². The highest BCUT2D eigenvalue weighted by Crippen LogP contribution is 2.20. The highest BCUT2D eigenvalue weighted by molar-refractivity contribution is 5.85. The second kappa shape index (κ2) is 16.8. The van der Waals surface area contributed by atoms with E-state index < -0.39 is 0 Å². The van der Waals surface area contributed by atoms with E-state index in [1.165, 1.54) is 51.3 Å². The summed E-state index contributed by atoms with van der Waals surface area (Å²) in [5.74, 6) is -0.211. The minimum atomic E-state index is -0.211. The van der Waals surface area contributed by atoms with Gasteiger partial charge in [0.2, 0.25) is 0 Å². The van der Waals surface area contributed by atoms with Gasteiger partial charge >= 0.3 is 5.97 Å². The molecule has 0 heterocycles. The summed E-state index contributed by atoms with van der Waals surface area (Å²) in [4.78, 5) is 12.4. The Hall–Kier alpha value is -1.06. The van der Waals surface area contributed by atoms with Crippen molar-refractivity contribution in [1.82, 2.24) is 4.90 Å². The molecule has 0 fully saturated rings. The predicted molar refractivity (Wildman–Crippen MR) is 106 cm³/mol. The molecule has 1 atom stereocenters. The van der Waals surface area contributed by atoms with Gasteiger partial charge in [0, 0.05) is 13.0 Å². The number of carbonyl (C=O) groups excluding carboxylic acids is 1. The minimum absolute atomic E-state index is 0. The number of hydrogen-bond acceptors (Lipinski definition) is 3. The van der Waals surface area contributed by atoms with Crippen molar-refractivity contribution >= 4 is 18.4 Å². The number of hydrogen-bond donors (Lipinski definition) is 0. The van der Waals surface area contributed by atoms with Crippen molar-refractivity contribution in [3.63, 3.8) is 0 Å². The lowest BCUT2D eigenvalue weighted by atomic mass is 10.1. The van der Waals surface area contributed by atoms with Crippen LogP contribution in [0.3, 0.4) is 0 Å². The molecule has 0 radical (unpaired) electrons. The lowest BCUT2D eigenvalue weighted by Gasteiger charge is -2.29. The first-order valence-electron chi connectivity index (χ1n) is 8.99. The smallest absolute Gasteiger partial charge is 0.302 e. The Morgan fingerprint density at radius 2 is 1.54 bits per heavy atom. The standard InChI is InChI=1S/C16H27N.C4H8O2.ClH/c1-4-6-13-17(14-7-5-2)15(3)16-11-9-8-10-12-16;1-3-6-4(2)5;/h8-12,15H,4-7,13-14H2,1-3H3;3H2,1-2H3;1H. The molecule has 0 spiro atoms. The lowest BCUT2D eigenvalue weighted by Crippen LogP contribution is -2.29. The second-order valence-electron chi connectivity index (χ2n) is 5.75. The number of benzene rings is 1. The molecule has 0 amide bonds. The van der Waals surface area contributed by atoms with Gasteiger partial charge in [0.05, 0.1) is 6.61 Å². The van der Waals surface area contributed by atoms with E-state index in [2.05, 4.69) is 60.7 Å². The van der Waals surface area contributed by atoms with Crippen LogP contribution in [-0.2, 0) is 9.53 Å². The molecule has 140 valence electrons. The molecule has 0 aliphatic heterocycles. The van der Waals surface area contributed by atoms with Gasteiger partial charge in [-0.3, -0.25) is 9.69 Å². The first-order chi connectivity index (χ1) is 11.1. The van der Waals surface area contributed by atoms with Crippen LogP contribution in [0.25, 0.3) is 0 Å². The molecule has 0 N–H and O–H groups in total. The zero-order valence-electron chi connectivity index (χ0n) is 16.1. The molecule has 4 heteroatoms. The second-order valence-corrected chi connectivity index (χ2v) is 5.75. The highest BCUT2D eigenvalue weighted by atomic mass is 35.5. The number of rotatable bonds is 9. The minimum Gasteiger partial charge on any atom is -0.466 e. The van der Waals surface area contributed by atoms with Gasteiger partial charge in [-0.15, -0.1) is 12.4 Å². The Bertz CT molecular complexity index is 390. The van der Waals surface area contributed by atoms with Crippen LogP contribution in [0, 0.1) is 0 Å². The summed E-state index contributed by atoms with van der Waals surface area (Å²) in [6, 6.07) is 11.4. The lowest BCUT2D eigenvalue weighted by molar-refractivity contribution is -0.140. The van der Waals surface area contributed by atoms with Gasteiger partial charge in [0.15, 0.2) is 0 Å². The Labute approximate surface area is 155 Å². The van der Waals surface area contributed by atoms with Crippen molar-refractivity contribution in [2.45, 2.75) is 66.3 Å². The molecule has 1 unspecified atom stereocenters. The maximum atomic E-state index is 9.82. The van der Waals surface area contributed by atoms with Gasteiger partial charge in [-0.2, -0.15) is 0 Å². The monoisotopic (exact) mass is 357 g/mol. The van der Waals surface area contributed by atoms with Crippen molar-refractivity contribution in [2.75, 3.05) is 19.7 Å². The summed E-state index contributed by atoms with van der Waals surface area (Å²) in [6.45, 7) is 13.0. The number of carbonyl (C=O) groups is 1. The third-order valence-electron chi connectivity index (χ3n) is 3.78. The maximum Gasteiger partial charge on any atom is 0.302 e. The van der Waals surface area contributed by atoms with Crippen LogP contribution in [0.1, 0.15) is 71.9 Å². The van der Waals surface area contributed by atoms with Crippen LogP contribution in [0.5, 0.6) is 0 Å². The van der Waals surface area contributed by atoms with Crippen molar-refractivity contribution in [2.24, 2.45) is 0 Å². The van der Waals surface area contributed by atoms with Gasteiger partial charge in [-0.25, -0.2) is 0 Å². The topological polar surface area (TPSA) is 29.5 Å². The molecule has 0 aliphatic rings. The average molecular weight is 358 g/mol. The van der Waals surface area contributed by atoms with Crippen molar-refractivity contribution in [3.05, 3.63) is 35.9 Å². The van der Waals surface area contributed by atoms with Gasteiger partial charge in [-0.1, -0.05) is 57.0 Å². The van der Waals surface area contributed by atoms with Crippen LogP contribution in [0.15, 0.2) is 30.3 Å². The van der Waals surface area contributed by atoms with E-state index in [0.29, 0.717) is 12.6 Å². The van der Waals surface area contributed by atoms with E-state index >= 15 is 0 Å². The quantitative estimate of drug-likeness (QED) is 0.535. The summed E-state index contributed by atoms with van der Waals surface area (Å²) < 4.78 is 4.40. The van der Waals surface area contributed by atoms with Crippen molar-refractivity contribution < 1.29 is 9.53 Å². The predicted octanol–water partition coefficient (Wildman–Crippen LogP) is 5.64. The molecule has 1 aromatic carbocycles. The maximum absolute atomic E-state index is 9.82. The van der Waals surface area contributed by atoms with E-state index in [-0.39, 0.29) is 18.4 Å². The first-order valence-corrected chi connectivity index (χ1v) is 8.99. The first kappa shape index (κ1) is 25.2. The summed E-state index contributed by atoms with van der Waals surface area (Å²) in [7, 11) is 0. The normalized spacial score (nSPS) is 11.1. The highest BCUT2D eigenvalue weighted by Gasteiger charge is 2.13. The number of halogens is 1. The van der Waals surface area contributed by atoms with E-state index in [1.807, 2.05) is 0 Å². The van der Waals surface area contributed by atoms with Crippen molar-refractivity contribution in [3.8, 4) is 0 Å². The van der Waals surface area contributed by atoms with Crippen LogP contribution >= 0.6 is 12.4 Å². The Morgan fingerprint density at radius 1 is 1.04 bits per heavy atom. The summed E-state index contributed by atoms with van der Waals surface area (Å²) in [5, 5.41) is 0. The molecule has 3 nitrogen and oxygen atoms in total. The molecule has 1 rings (SSSR count). The molecular formula is C20H36ClNO2. The molecule has 0 aromatic heterocycles. The Kier molecular flexibility index (Phi) is 17.6. The third kappa shape index (κ3) is 12.4. The van der Waals surface area contributed by atoms with Crippen LogP contribution in [0.2, 0.25) is 0 Å². The van der Waals surface area contributed by atoms with E-state index in [0.717, 1.165) is 0 Å². The average Bonchev–Trinajstić information content (AvgIpc) is 2.56. The fraction of sp³-hybridized carbons (Fsp3) is 0.650. The molecule has 0 bridgehead atoms. The summed E-state index contributed by atoms with van der Waals surface area (Å²) >= 11 is 0. The van der Waals surface area contributed by atoms with E-state index in [9.17, 15) is 4.79 Å². The summed E-state index contributed by atoms with van der Waals surface area (Å²) in [5.41, 5.74) is 1.44. The van der Waals surface area contributed by atoms with Gasteiger partial charge in [0.1, 0.15) is 0 Å². The largest absolute Gasteiger partial charge is 0.466 e. The summed E-state index contributed by atoms with van der Waals surface area (Å²) in [6.07, 6.45) is 5.18. The number of ether oxygens (including phenoxy) is 1. The molecular weight excluding hydrogens is 322 g/mol. The van der Waals surface area contributed by atoms with Gasteiger partial charge in [0.25, 0.3) is 0 Å². The van der Waals surface area contributed by atoms with Gasteiger partial charge in [-0.05, 0) is 45.3 Å². The van der Waals surface area contributed by atoms with Crippen LogP contribution in [-0.4, -0.2) is 30.6 Å². The Balaban J connectivity index is 0. The molecule has 0 saturated heterocycles. The number of nitrogens with zero attached hydrogens (tertiary/aromatic N) is 1. The molecule has 0 saturated carbocycles. The molecule has 1 aromatic rings. The molecule has 24 heavy (non-hydrogen) atoms. The number of esters is 1. The zero-order valence-corrected chi connectivity index (χ0v) is 16.9. The fourth-order valence-electron chi connectivity index (χ4n) is 2.37. The van der Waals surface area contributed by atoms with Crippen molar-refractivity contribution in [1.29, 1.82) is 0 Å². The SMILES string of the molecule is CCCCN(CCCC)C(C)c1ccccc1.CCOC(C)=O.Cl. The van der Waals surface area contributed by atoms with E-state index in [1.54, 1.807) is 6.92 Å². The zero-order chi connectivity index (χ0) is 17.5.